The van der Waals surface area contributed by atoms with Crippen molar-refractivity contribution in [2.24, 2.45) is 4.99 Å². The van der Waals surface area contributed by atoms with Crippen LogP contribution in [0.15, 0.2) is 29.3 Å². The van der Waals surface area contributed by atoms with Crippen molar-refractivity contribution in [3.8, 4) is 5.75 Å². The van der Waals surface area contributed by atoms with E-state index < -0.39 is 0 Å². The molecular formula is C15H25FIN3O. The van der Waals surface area contributed by atoms with Gasteiger partial charge in [0.15, 0.2) is 5.96 Å². The molecule has 1 rings (SSSR count). The highest BCUT2D eigenvalue weighted by molar-refractivity contribution is 14.0. The number of aliphatic imine (C=N–C) groups is 1. The van der Waals surface area contributed by atoms with E-state index in [1.807, 2.05) is 13.8 Å². The molecule has 1 aromatic rings. The minimum Gasteiger partial charge on any atom is -0.489 e. The molecule has 2 N–H and O–H groups in total. The molecule has 0 fully saturated rings. The maximum Gasteiger partial charge on any atom is 0.191 e. The van der Waals surface area contributed by atoms with Crippen molar-refractivity contribution in [1.82, 2.24) is 10.6 Å². The van der Waals surface area contributed by atoms with Crippen LogP contribution in [0, 0.1) is 5.82 Å². The van der Waals surface area contributed by atoms with Crippen LogP contribution in [0.5, 0.6) is 5.75 Å². The van der Waals surface area contributed by atoms with Crippen molar-refractivity contribution in [3.05, 3.63) is 30.1 Å². The average Bonchev–Trinajstić information content (AvgIpc) is 2.44. The van der Waals surface area contributed by atoms with Gasteiger partial charge in [0.2, 0.25) is 0 Å². The van der Waals surface area contributed by atoms with Gasteiger partial charge in [-0.15, -0.1) is 24.0 Å². The van der Waals surface area contributed by atoms with Gasteiger partial charge in [0.25, 0.3) is 0 Å². The van der Waals surface area contributed by atoms with Crippen LogP contribution in [0.1, 0.15) is 27.2 Å². The van der Waals surface area contributed by atoms with E-state index in [0.29, 0.717) is 12.3 Å². The molecular weight excluding hydrogens is 384 g/mol. The van der Waals surface area contributed by atoms with Gasteiger partial charge in [-0.05, 0) is 44.5 Å². The molecule has 0 aliphatic heterocycles. The van der Waals surface area contributed by atoms with Gasteiger partial charge in [0.1, 0.15) is 17.7 Å². The largest absolute Gasteiger partial charge is 0.489 e. The summed E-state index contributed by atoms with van der Waals surface area (Å²) in [6.07, 6.45) is 0.976. The lowest BCUT2D eigenvalue weighted by molar-refractivity contribution is 0.230. The Bertz CT molecular complexity index is 412. The standard InChI is InChI=1S/C15H24FN3O.HI/c1-4-10-18-15(17-5-2)19-11-12(3)20-14-8-6-13(16)7-9-14;/h6-9,12H,4-5,10-11H2,1-3H3,(H2,17,18,19);1H. The molecule has 0 heterocycles. The Morgan fingerprint density at radius 3 is 2.48 bits per heavy atom. The number of guanidine groups is 1. The van der Waals surface area contributed by atoms with Crippen LogP contribution >= 0.6 is 24.0 Å². The molecule has 0 bridgehead atoms. The number of ether oxygens (including phenoxy) is 1. The van der Waals surface area contributed by atoms with Crippen molar-refractivity contribution in [3.63, 3.8) is 0 Å². The fraction of sp³-hybridized carbons (Fsp3) is 0.533. The summed E-state index contributed by atoms with van der Waals surface area (Å²) >= 11 is 0. The Hall–Kier alpha value is -1.05. The summed E-state index contributed by atoms with van der Waals surface area (Å²) in [5, 5.41) is 6.41. The quantitative estimate of drug-likeness (QED) is 0.413. The molecule has 21 heavy (non-hydrogen) atoms. The van der Waals surface area contributed by atoms with Gasteiger partial charge < -0.3 is 15.4 Å². The Labute approximate surface area is 143 Å². The number of hydrogen-bond acceptors (Lipinski definition) is 2. The summed E-state index contributed by atoms with van der Waals surface area (Å²) in [7, 11) is 0. The summed E-state index contributed by atoms with van der Waals surface area (Å²) in [6.45, 7) is 8.33. The molecule has 6 heteroatoms. The predicted molar refractivity (Wildman–Crippen MR) is 96.2 cm³/mol. The highest BCUT2D eigenvalue weighted by Crippen LogP contribution is 2.12. The molecule has 0 spiro atoms. The summed E-state index contributed by atoms with van der Waals surface area (Å²) in [5.74, 6) is 1.19. The van der Waals surface area contributed by atoms with E-state index in [2.05, 4.69) is 22.5 Å². The minimum atomic E-state index is -0.263. The number of benzene rings is 1. The second kappa shape index (κ2) is 11.6. The van der Waals surface area contributed by atoms with Gasteiger partial charge in [-0.3, -0.25) is 0 Å². The fourth-order valence-corrected chi connectivity index (χ4v) is 1.59. The van der Waals surface area contributed by atoms with Gasteiger partial charge in [0.05, 0.1) is 6.54 Å². The number of nitrogens with one attached hydrogen (secondary N) is 2. The molecule has 1 atom stereocenters. The molecule has 0 aliphatic rings. The maximum atomic E-state index is 12.8. The predicted octanol–water partition coefficient (Wildman–Crippen LogP) is 3.18. The van der Waals surface area contributed by atoms with Crippen LogP contribution in [-0.4, -0.2) is 31.7 Å². The lowest BCUT2D eigenvalue weighted by Gasteiger charge is -2.15. The second-order valence-electron chi connectivity index (χ2n) is 4.53. The lowest BCUT2D eigenvalue weighted by Crippen LogP contribution is -2.38. The monoisotopic (exact) mass is 409 g/mol. The smallest absolute Gasteiger partial charge is 0.191 e. The third-order valence-electron chi connectivity index (χ3n) is 2.54. The van der Waals surface area contributed by atoms with Gasteiger partial charge in [-0.25, -0.2) is 9.38 Å². The van der Waals surface area contributed by atoms with Crippen LogP contribution in [0.4, 0.5) is 4.39 Å². The molecule has 0 saturated carbocycles. The molecule has 1 aromatic carbocycles. The highest BCUT2D eigenvalue weighted by Gasteiger charge is 2.04. The third-order valence-corrected chi connectivity index (χ3v) is 2.54. The van der Waals surface area contributed by atoms with Crippen LogP contribution in [0.25, 0.3) is 0 Å². The van der Waals surface area contributed by atoms with Crippen molar-refractivity contribution < 1.29 is 9.13 Å². The van der Waals surface area contributed by atoms with Crippen LogP contribution in [-0.2, 0) is 0 Å². The van der Waals surface area contributed by atoms with E-state index in [-0.39, 0.29) is 35.9 Å². The van der Waals surface area contributed by atoms with E-state index in [1.54, 1.807) is 12.1 Å². The van der Waals surface area contributed by atoms with Crippen molar-refractivity contribution in [2.75, 3.05) is 19.6 Å². The van der Waals surface area contributed by atoms with E-state index in [0.717, 1.165) is 25.5 Å². The van der Waals surface area contributed by atoms with Gasteiger partial charge in [-0.2, -0.15) is 0 Å². The molecule has 0 saturated heterocycles. The van der Waals surface area contributed by atoms with Crippen molar-refractivity contribution >= 4 is 29.9 Å². The molecule has 0 amide bonds. The number of halogens is 2. The van der Waals surface area contributed by atoms with E-state index >= 15 is 0 Å². The van der Waals surface area contributed by atoms with Gasteiger partial charge in [0, 0.05) is 13.1 Å². The normalized spacial score (nSPS) is 12.3. The first-order valence-electron chi connectivity index (χ1n) is 7.10. The first kappa shape index (κ1) is 19.9. The Kier molecular flexibility index (Phi) is 11.0. The molecule has 120 valence electrons. The topological polar surface area (TPSA) is 45.7 Å². The number of rotatable bonds is 7. The molecule has 0 aromatic heterocycles. The fourth-order valence-electron chi connectivity index (χ4n) is 1.59. The molecule has 1 unspecified atom stereocenters. The van der Waals surface area contributed by atoms with Gasteiger partial charge >= 0.3 is 0 Å². The number of hydrogen-bond donors (Lipinski definition) is 2. The highest BCUT2D eigenvalue weighted by atomic mass is 127. The van der Waals surface area contributed by atoms with E-state index in [4.69, 9.17) is 4.74 Å². The van der Waals surface area contributed by atoms with Crippen LogP contribution < -0.4 is 15.4 Å². The second-order valence-corrected chi connectivity index (χ2v) is 4.53. The van der Waals surface area contributed by atoms with Gasteiger partial charge in [-0.1, -0.05) is 6.92 Å². The summed E-state index contributed by atoms with van der Waals surface area (Å²) in [5.41, 5.74) is 0. The SMILES string of the molecule is CCCNC(=NCC(C)Oc1ccc(F)cc1)NCC.I. The Balaban J connectivity index is 0.00000400. The Morgan fingerprint density at radius 2 is 1.90 bits per heavy atom. The summed E-state index contributed by atoms with van der Waals surface area (Å²) in [6, 6.07) is 6.02. The molecule has 0 aliphatic carbocycles. The lowest BCUT2D eigenvalue weighted by atomic mass is 10.3. The molecule has 4 nitrogen and oxygen atoms in total. The van der Waals surface area contributed by atoms with Crippen LogP contribution in [0.3, 0.4) is 0 Å². The van der Waals surface area contributed by atoms with Crippen molar-refractivity contribution in [2.45, 2.75) is 33.3 Å². The minimum absolute atomic E-state index is 0. The van der Waals surface area contributed by atoms with Crippen LogP contribution in [0.2, 0.25) is 0 Å². The number of nitrogens with zero attached hydrogens (tertiary/aromatic N) is 1. The zero-order valence-electron chi connectivity index (χ0n) is 12.9. The maximum absolute atomic E-state index is 12.8. The average molecular weight is 409 g/mol. The zero-order valence-corrected chi connectivity index (χ0v) is 15.2. The first-order valence-corrected chi connectivity index (χ1v) is 7.10. The van der Waals surface area contributed by atoms with E-state index in [9.17, 15) is 4.39 Å². The third kappa shape index (κ3) is 8.75. The van der Waals surface area contributed by atoms with Crippen molar-refractivity contribution in [1.29, 1.82) is 0 Å². The van der Waals surface area contributed by atoms with E-state index in [1.165, 1.54) is 12.1 Å². The molecule has 0 radical (unpaired) electrons. The first-order chi connectivity index (χ1) is 9.65. The Morgan fingerprint density at radius 1 is 1.24 bits per heavy atom. The summed E-state index contributed by atoms with van der Waals surface area (Å²) < 4.78 is 18.5. The summed E-state index contributed by atoms with van der Waals surface area (Å²) in [4.78, 5) is 4.46. The zero-order chi connectivity index (χ0) is 14.8.